The third kappa shape index (κ3) is 5.61. The maximum Gasteiger partial charge on any atom is 0.263 e. The largest absolute Gasteiger partial charge is 0.481 e. The number of carbonyl (C=O) groups excluding carboxylic acids is 1. The van der Waals surface area contributed by atoms with Gasteiger partial charge in [0.05, 0.1) is 5.60 Å². The topological polar surface area (TPSA) is 49.8 Å². The quantitative estimate of drug-likeness (QED) is 0.902. The van der Waals surface area contributed by atoms with Crippen molar-refractivity contribution in [2.75, 3.05) is 13.6 Å². The molecule has 0 bridgehead atoms. The molecule has 0 spiro atoms. The molecule has 1 rings (SSSR count). The van der Waals surface area contributed by atoms with Crippen molar-refractivity contribution in [1.82, 2.24) is 4.90 Å². The molecular formula is C14H20BrNO3. The van der Waals surface area contributed by atoms with E-state index in [4.69, 9.17) is 4.74 Å². The number of hydrogen-bond donors (Lipinski definition) is 1. The van der Waals surface area contributed by atoms with Crippen molar-refractivity contribution in [2.45, 2.75) is 32.5 Å². The molecule has 1 N–H and O–H groups in total. The molecule has 1 atom stereocenters. The minimum atomic E-state index is -0.917. The number of benzene rings is 1. The second-order valence-electron chi connectivity index (χ2n) is 5.22. The summed E-state index contributed by atoms with van der Waals surface area (Å²) in [7, 11) is 1.65. The molecule has 1 unspecified atom stereocenters. The summed E-state index contributed by atoms with van der Waals surface area (Å²) in [5.74, 6) is 0.467. The van der Waals surface area contributed by atoms with Gasteiger partial charge in [-0.3, -0.25) is 4.79 Å². The van der Waals surface area contributed by atoms with Crippen molar-refractivity contribution in [3.8, 4) is 5.75 Å². The average molecular weight is 330 g/mol. The van der Waals surface area contributed by atoms with Gasteiger partial charge in [-0.2, -0.15) is 0 Å². The summed E-state index contributed by atoms with van der Waals surface area (Å²) < 4.78 is 6.49. The Morgan fingerprint density at radius 1 is 1.53 bits per heavy atom. The van der Waals surface area contributed by atoms with Crippen molar-refractivity contribution in [3.05, 3.63) is 28.7 Å². The Bertz CT molecular complexity index is 443. The lowest BCUT2D eigenvalue weighted by Gasteiger charge is -2.27. The van der Waals surface area contributed by atoms with E-state index in [1.54, 1.807) is 40.0 Å². The van der Waals surface area contributed by atoms with Crippen LogP contribution in [0, 0.1) is 0 Å². The molecule has 5 heteroatoms. The first-order valence-electron chi connectivity index (χ1n) is 6.08. The first-order valence-corrected chi connectivity index (χ1v) is 6.88. The van der Waals surface area contributed by atoms with Crippen molar-refractivity contribution in [1.29, 1.82) is 0 Å². The molecule has 0 heterocycles. The summed E-state index contributed by atoms with van der Waals surface area (Å²) in [4.78, 5) is 13.6. The zero-order valence-corrected chi connectivity index (χ0v) is 13.3. The fourth-order valence-corrected chi connectivity index (χ4v) is 2.14. The van der Waals surface area contributed by atoms with Crippen LogP contribution in [-0.4, -0.2) is 41.2 Å². The fourth-order valence-electron chi connectivity index (χ4n) is 1.76. The lowest BCUT2D eigenvalue weighted by molar-refractivity contribution is -0.139. The predicted molar refractivity (Wildman–Crippen MR) is 78.2 cm³/mol. The number of nitrogens with zero attached hydrogens (tertiary/aromatic N) is 1. The van der Waals surface area contributed by atoms with Crippen LogP contribution in [0.25, 0.3) is 0 Å². The Labute approximate surface area is 122 Å². The highest BCUT2D eigenvalue weighted by Crippen LogP contribution is 2.19. The number of ether oxygens (including phenoxy) is 1. The van der Waals surface area contributed by atoms with Gasteiger partial charge in [0, 0.05) is 18.1 Å². The maximum absolute atomic E-state index is 12.1. The summed E-state index contributed by atoms with van der Waals surface area (Å²) in [6.45, 7) is 5.29. The predicted octanol–water partition coefficient (Wildman–Crippen LogP) is 2.45. The summed E-state index contributed by atoms with van der Waals surface area (Å²) in [5.41, 5.74) is -0.917. The van der Waals surface area contributed by atoms with Gasteiger partial charge in [0.2, 0.25) is 0 Å². The van der Waals surface area contributed by atoms with Gasteiger partial charge in [-0.05, 0) is 39.0 Å². The van der Waals surface area contributed by atoms with E-state index in [9.17, 15) is 9.90 Å². The van der Waals surface area contributed by atoms with Crippen molar-refractivity contribution >= 4 is 21.8 Å². The van der Waals surface area contributed by atoms with Crippen LogP contribution in [0.4, 0.5) is 0 Å². The third-order valence-electron chi connectivity index (χ3n) is 2.46. The van der Waals surface area contributed by atoms with Gasteiger partial charge >= 0.3 is 0 Å². The summed E-state index contributed by atoms with van der Waals surface area (Å²) in [5, 5.41) is 9.70. The number of carbonyl (C=O) groups is 1. The number of halogens is 1. The Balaban J connectivity index is 2.62. The smallest absolute Gasteiger partial charge is 0.263 e. The van der Waals surface area contributed by atoms with Gasteiger partial charge < -0.3 is 14.7 Å². The molecule has 106 valence electrons. The molecule has 0 aromatic heterocycles. The van der Waals surface area contributed by atoms with Crippen molar-refractivity contribution in [3.63, 3.8) is 0 Å². The molecule has 1 amide bonds. The van der Waals surface area contributed by atoms with Gasteiger partial charge in [-0.1, -0.05) is 22.0 Å². The van der Waals surface area contributed by atoms with E-state index in [0.29, 0.717) is 5.75 Å². The van der Waals surface area contributed by atoms with Crippen molar-refractivity contribution in [2.24, 2.45) is 0 Å². The molecule has 0 aliphatic carbocycles. The lowest BCUT2D eigenvalue weighted by atomic mass is 10.1. The van der Waals surface area contributed by atoms with E-state index in [2.05, 4.69) is 15.9 Å². The molecule has 0 aliphatic heterocycles. The summed E-state index contributed by atoms with van der Waals surface area (Å²) >= 11 is 3.35. The van der Waals surface area contributed by atoms with Crippen LogP contribution in [0.2, 0.25) is 0 Å². The van der Waals surface area contributed by atoms with Gasteiger partial charge in [-0.15, -0.1) is 0 Å². The second-order valence-corrected chi connectivity index (χ2v) is 6.14. The molecule has 1 aromatic carbocycles. The Morgan fingerprint density at radius 2 is 2.16 bits per heavy atom. The zero-order chi connectivity index (χ0) is 14.6. The summed E-state index contributed by atoms with van der Waals surface area (Å²) in [6, 6.07) is 7.33. The number of likely N-dealkylation sites (N-methyl/N-ethyl adjacent to an activating group) is 1. The van der Waals surface area contributed by atoms with Gasteiger partial charge in [0.15, 0.2) is 6.10 Å². The highest BCUT2D eigenvalue weighted by atomic mass is 79.9. The molecule has 0 fully saturated rings. The number of rotatable bonds is 5. The van der Waals surface area contributed by atoms with Crippen LogP contribution in [0.1, 0.15) is 20.8 Å². The first kappa shape index (κ1) is 16.0. The SMILES string of the molecule is CC(Oc1cccc(Br)c1)C(=O)N(C)CC(C)(C)O. The van der Waals surface area contributed by atoms with E-state index >= 15 is 0 Å². The van der Waals surface area contributed by atoms with Crippen LogP contribution >= 0.6 is 15.9 Å². The zero-order valence-electron chi connectivity index (χ0n) is 11.7. The monoisotopic (exact) mass is 329 g/mol. The fraction of sp³-hybridized carbons (Fsp3) is 0.500. The minimum absolute atomic E-state index is 0.165. The number of amides is 1. The lowest BCUT2D eigenvalue weighted by Crippen LogP contribution is -2.44. The maximum atomic E-state index is 12.1. The highest BCUT2D eigenvalue weighted by molar-refractivity contribution is 9.10. The first-order chi connectivity index (χ1) is 8.69. The third-order valence-corrected chi connectivity index (χ3v) is 2.95. The van der Waals surface area contributed by atoms with Gasteiger partial charge in [0.1, 0.15) is 5.75 Å². The Kier molecular flexibility index (Phi) is 5.38. The van der Waals surface area contributed by atoms with Crippen LogP contribution in [0.15, 0.2) is 28.7 Å². The Hall–Kier alpha value is -1.07. The van der Waals surface area contributed by atoms with E-state index in [-0.39, 0.29) is 12.5 Å². The number of hydrogen-bond acceptors (Lipinski definition) is 3. The molecule has 0 saturated heterocycles. The molecule has 0 saturated carbocycles. The van der Waals surface area contributed by atoms with Crippen LogP contribution in [-0.2, 0) is 4.79 Å². The van der Waals surface area contributed by atoms with Crippen LogP contribution < -0.4 is 4.74 Å². The van der Waals surface area contributed by atoms with Crippen LogP contribution in [0.3, 0.4) is 0 Å². The van der Waals surface area contributed by atoms with E-state index in [1.807, 2.05) is 12.1 Å². The molecular weight excluding hydrogens is 310 g/mol. The standard InChI is InChI=1S/C14H20BrNO3/c1-10(13(17)16(4)9-14(2,3)18)19-12-7-5-6-11(15)8-12/h5-8,10,18H,9H2,1-4H3. The van der Waals surface area contributed by atoms with E-state index in [1.165, 1.54) is 4.90 Å². The molecule has 0 radical (unpaired) electrons. The molecule has 4 nitrogen and oxygen atoms in total. The van der Waals surface area contributed by atoms with Crippen molar-refractivity contribution < 1.29 is 14.6 Å². The van der Waals surface area contributed by atoms with E-state index in [0.717, 1.165) is 4.47 Å². The second kappa shape index (κ2) is 6.39. The average Bonchev–Trinajstić information content (AvgIpc) is 2.25. The normalized spacial score (nSPS) is 12.9. The molecule has 0 aliphatic rings. The molecule has 1 aromatic rings. The molecule has 19 heavy (non-hydrogen) atoms. The minimum Gasteiger partial charge on any atom is -0.481 e. The van der Waals surface area contributed by atoms with E-state index < -0.39 is 11.7 Å². The number of aliphatic hydroxyl groups is 1. The highest BCUT2D eigenvalue weighted by Gasteiger charge is 2.24. The van der Waals surface area contributed by atoms with Gasteiger partial charge in [-0.25, -0.2) is 0 Å². The Morgan fingerprint density at radius 3 is 2.68 bits per heavy atom. The summed E-state index contributed by atoms with van der Waals surface area (Å²) in [6.07, 6.45) is -0.596. The van der Waals surface area contributed by atoms with Crippen LogP contribution in [0.5, 0.6) is 5.75 Å². The van der Waals surface area contributed by atoms with Gasteiger partial charge in [0.25, 0.3) is 5.91 Å².